The van der Waals surface area contributed by atoms with Gasteiger partial charge in [0.05, 0.1) is 13.5 Å². The van der Waals surface area contributed by atoms with E-state index in [4.69, 9.17) is 27.9 Å². The van der Waals surface area contributed by atoms with E-state index in [2.05, 4.69) is 5.32 Å². The number of amides is 2. The number of methoxy groups -OCH3 is 1. The first kappa shape index (κ1) is 23.0. The van der Waals surface area contributed by atoms with Crippen LogP contribution < -0.4 is 10.1 Å². The van der Waals surface area contributed by atoms with E-state index in [1.165, 1.54) is 0 Å². The fourth-order valence-electron chi connectivity index (χ4n) is 3.09. The number of benzene rings is 2. The highest BCUT2D eigenvalue weighted by atomic mass is 35.5. The van der Waals surface area contributed by atoms with Gasteiger partial charge in [0, 0.05) is 23.1 Å². The molecule has 0 bridgehead atoms. The number of nitrogens with one attached hydrogen (secondary N) is 1. The Morgan fingerprint density at radius 1 is 1.07 bits per heavy atom. The lowest BCUT2D eigenvalue weighted by Crippen LogP contribution is -2.49. The zero-order chi connectivity index (χ0) is 21.4. The molecule has 1 N–H and O–H groups in total. The van der Waals surface area contributed by atoms with Crippen molar-refractivity contribution in [1.29, 1.82) is 0 Å². The molecule has 2 aromatic carbocycles. The maximum Gasteiger partial charge on any atom is 0.242 e. The molecular weight excluding hydrogens is 411 g/mol. The van der Waals surface area contributed by atoms with Crippen molar-refractivity contribution in [2.24, 2.45) is 0 Å². The number of hydrogen-bond donors (Lipinski definition) is 1. The summed E-state index contributed by atoms with van der Waals surface area (Å²) in [6.07, 6.45) is 0.508. The van der Waals surface area contributed by atoms with Crippen LogP contribution in [0.1, 0.15) is 31.4 Å². The SMILES string of the molecule is CCNC(=O)[C@@H](CC)N(Cc1ccc(OC)cc1)C(=O)Cc1c(Cl)cccc1Cl. The van der Waals surface area contributed by atoms with E-state index in [1.807, 2.05) is 38.1 Å². The van der Waals surface area contributed by atoms with E-state index >= 15 is 0 Å². The number of nitrogens with zero attached hydrogens (tertiary/aromatic N) is 1. The fraction of sp³-hybridized carbons (Fsp3) is 0.364. The lowest BCUT2D eigenvalue weighted by molar-refractivity contribution is -0.140. The van der Waals surface area contributed by atoms with E-state index in [9.17, 15) is 9.59 Å². The molecule has 156 valence electrons. The predicted octanol–water partition coefficient (Wildman–Crippen LogP) is 4.49. The van der Waals surface area contributed by atoms with E-state index in [1.54, 1.807) is 30.2 Å². The third-order valence-electron chi connectivity index (χ3n) is 4.64. The molecule has 7 heteroatoms. The largest absolute Gasteiger partial charge is 0.497 e. The van der Waals surface area contributed by atoms with Gasteiger partial charge in [0.1, 0.15) is 11.8 Å². The molecule has 0 saturated carbocycles. The maximum atomic E-state index is 13.3. The van der Waals surface area contributed by atoms with Crippen LogP contribution >= 0.6 is 23.2 Å². The van der Waals surface area contributed by atoms with Crippen molar-refractivity contribution in [3.05, 3.63) is 63.6 Å². The molecule has 2 amide bonds. The van der Waals surface area contributed by atoms with Crippen molar-refractivity contribution in [2.75, 3.05) is 13.7 Å². The number of rotatable bonds is 9. The molecule has 0 aliphatic rings. The summed E-state index contributed by atoms with van der Waals surface area (Å²) in [5.74, 6) is 0.335. The highest BCUT2D eigenvalue weighted by Gasteiger charge is 2.29. The van der Waals surface area contributed by atoms with Crippen LogP contribution in [0.25, 0.3) is 0 Å². The van der Waals surface area contributed by atoms with E-state index in [-0.39, 0.29) is 18.2 Å². The topological polar surface area (TPSA) is 58.6 Å². The standard InChI is InChI=1S/C22H26Cl2N2O3/c1-4-20(22(28)25-5-2)26(14-15-9-11-16(29-3)12-10-15)21(27)13-17-18(23)7-6-8-19(17)24/h6-12,20H,4-5,13-14H2,1-3H3,(H,25,28)/t20-/m1/s1. The Labute approximate surface area is 181 Å². The van der Waals surface area contributed by atoms with Crippen LogP contribution in [0.5, 0.6) is 5.75 Å². The molecule has 0 spiro atoms. The van der Waals surface area contributed by atoms with E-state index < -0.39 is 6.04 Å². The van der Waals surface area contributed by atoms with Crippen molar-refractivity contribution in [3.63, 3.8) is 0 Å². The van der Waals surface area contributed by atoms with Crippen LogP contribution in [0.2, 0.25) is 10.0 Å². The molecule has 29 heavy (non-hydrogen) atoms. The predicted molar refractivity (Wildman–Crippen MR) is 116 cm³/mol. The zero-order valence-corrected chi connectivity index (χ0v) is 18.4. The Balaban J connectivity index is 2.33. The van der Waals surface area contributed by atoms with Crippen LogP contribution in [0.15, 0.2) is 42.5 Å². The summed E-state index contributed by atoms with van der Waals surface area (Å²) < 4.78 is 5.19. The Hall–Kier alpha value is -2.24. The van der Waals surface area contributed by atoms with Gasteiger partial charge in [0.15, 0.2) is 0 Å². The summed E-state index contributed by atoms with van der Waals surface area (Å²) in [5.41, 5.74) is 1.46. The number of carbonyl (C=O) groups is 2. The molecule has 0 saturated heterocycles. The van der Waals surface area contributed by atoms with Crippen LogP contribution in [-0.4, -0.2) is 36.4 Å². The summed E-state index contributed by atoms with van der Waals surface area (Å²) in [6, 6.07) is 12.0. The second-order valence-corrected chi connectivity index (χ2v) is 7.38. The molecule has 0 unspecified atom stereocenters. The number of halogens is 2. The first-order chi connectivity index (χ1) is 13.9. The van der Waals surface area contributed by atoms with Crippen molar-refractivity contribution in [3.8, 4) is 5.75 Å². The first-order valence-corrected chi connectivity index (χ1v) is 10.3. The average molecular weight is 437 g/mol. The lowest BCUT2D eigenvalue weighted by atomic mass is 10.1. The van der Waals surface area contributed by atoms with Gasteiger partial charge in [-0.15, -0.1) is 0 Å². The van der Waals surface area contributed by atoms with E-state index in [0.29, 0.717) is 35.1 Å². The minimum Gasteiger partial charge on any atom is -0.497 e. The number of likely N-dealkylation sites (N-methyl/N-ethyl adjacent to an activating group) is 1. The summed E-state index contributed by atoms with van der Waals surface area (Å²) in [5, 5.41) is 3.68. The van der Waals surface area contributed by atoms with Crippen LogP contribution in [0.4, 0.5) is 0 Å². The molecule has 0 aliphatic heterocycles. The average Bonchev–Trinajstić information content (AvgIpc) is 2.71. The molecule has 5 nitrogen and oxygen atoms in total. The van der Waals surface area contributed by atoms with Gasteiger partial charge in [-0.2, -0.15) is 0 Å². The normalized spacial score (nSPS) is 11.6. The minimum absolute atomic E-state index is 0.0184. The van der Waals surface area contributed by atoms with Gasteiger partial charge < -0.3 is 15.0 Å². The Morgan fingerprint density at radius 3 is 2.21 bits per heavy atom. The molecule has 2 rings (SSSR count). The highest BCUT2D eigenvalue weighted by molar-refractivity contribution is 6.36. The maximum absolute atomic E-state index is 13.3. The number of carbonyl (C=O) groups excluding carboxylic acids is 2. The molecule has 0 aliphatic carbocycles. The summed E-state index contributed by atoms with van der Waals surface area (Å²) in [4.78, 5) is 27.5. The van der Waals surface area contributed by atoms with E-state index in [0.717, 1.165) is 11.3 Å². The van der Waals surface area contributed by atoms with Gasteiger partial charge in [0.25, 0.3) is 0 Å². The van der Waals surface area contributed by atoms with Gasteiger partial charge in [-0.1, -0.05) is 48.3 Å². The summed E-state index contributed by atoms with van der Waals surface area (Å²) in [6.45, 7) is 4.53. The smallest absolute Gasteiger partial charge is 0.242 e. The first-order valence-electron chi connectivity index (χ1n) is 9.54. The molecule has 2 aromatic rings. The number of hydrogen-bond acceptors (Lipinski definition) is 3. The van der Waals surface area contributed by atoms with Gasteiger partial charge in [-0.3, -0.25) is 9.59 Å². The van der Waals surface area contributed by atoms with Crippen LogP contribution in [0, 0.1) is 0 Å². The molecule has 1 atom stereocenters. The Kier molecular flexibility index (Phi) is 8.80. The third kappa shape index (κ3) is 6.12. The highest BCUT2D eigenvalue weighted by Crippen LogP contribution is 2.26. The number of ether oxygens (including phenoxy) is 1. The minimum atomic E-state index is -0.592. The molecule has 0 aromatic heterocycles. The van der Waals surface area contributed by atoms with Crippen LogP contribution in [0.3, 0.4) is 0 Å². The molecule has 0 radical (unpaired) electrons. The van der Waals surface area contributed by atoms with Crippen LogP contribution in [-0.2, 0) is 22.6 Å². The second-order valence-electron chi connectivity index (χ2n) is 6.57. The van der Waals surface area contributed by atoms with Crippen molar-refractivity contribution < 1.29 is 14.3 Å². The Bertz CT molecular complexity index is 820. The summed E-state index contributed by atoms with van der Waals surface area (Å²) >= 11 is 12.5. The zero-order valence-electron chi connectivity index (χ0n) is 16.9. The third-order valence-corrected chi connectivity index (χ3v) is 5.35. The monoisotopic (exact) mass is 436 g/mol. The Morgan fingerprint density at radius 2 is 1.69 bits per heavy atom. The lowest BCUT2D eigenvalue weighted by Gasteiger charge is -2.31. The summed E-state index contributed by atoms with van der Waals surface area (Å²) in [7, 11) is 1.60. The quantitative estimate of drug-likeness (QED) is 0.629. The molecule has 0 fully saturated rings. The van der Waals surface area contributed by atoms with Gasteiger partial charge >= 0.3 is 0 Å². The second kappa shape index (κ2) is 11.1. The van der Waals surface area contributed by atoms with Crippen molar-refractivity contribution >= 4 is 35.0 Å². The molecule has 0 heterocycles. The van der Waals surface area contributed by atoms with Gasteiger partial charge in [-0.25, -0.2) is 0 Å². The fourth-order valence-corrected chi connectivity index (χ4v) is 3.62. The molecular formula is C22H26Cl2N2O3. The van der Waals surface area contributed by atoms with Crippen molar-refractivity contribution in [1.82, 2.24) is 10.2 Å². The van der Waals surface area contributed by atoms with Crippen molar-refractivity contribution in [2.45, 2.75) is 39.3 Å². The van der Waals surface area contributed by atoms with Gasteiger partial charge in [0.2, 0.25) is 11.8 Å². The van der Waals surface area contributed by atoms with Gasteiger partial charge in [-0.05, 0) is 48.7 Å².